The van der Waals surface area contributed by atoms with Crippen molar-refractivity contribution in [2.45, 2.75) is 26.5 Å². The Balaban J connectivity index is 0.00000364. The molecule has 148 valence electrons. The number of nitrogens with one attached hydrogen (secondary N) is 1. The van der Waals surface area contributed by atoms with E-state index in [1.165, 1.54) is 0 Å². The summed E-state index contributed by atoms with van der Waals surface area (Å²) in [5.74, 6) is 2.43. The third-order valence-corrected chi connectivity index (χ3v) is 4.01. The zero-order valence-electron chi connectivity index (χ0n) is 15.8. The number of guanidine groups is 1. The monoisotopic (exact) mass is 549 g/mol. The summed E-state index contributed by atoms with van der Waals surface area (Å²) in [6.45, 7) is 4.39. The van der Waals surface area contributed by atoms with Crippen LogP contribution in [0.2, 0.25) is 0 Å². The molecule has 2 rings (SSSR count). The molecule has 0 amide bonds. The average molecular weight is 550 g/mol. The van der Waals surface area contributed by atoms with Crippen LogP contribution < -0.4 is 25.3 Å². The maximum Gasteiger partial charge on any atom is 0.193 e. The van der Waals surface area contributed by atoms with Gasteiger partial charge in [-0.05, 0) is 71.7 Å². The number of ether oxygens (including phenoxy) is 3. The molecule has 0 aliphatic heterocycles. The average Bonchev–Trinajstić information content (AvgIpc) is 2.60. The van der Waals surface area contributed by atoms with Gasteiger partial charge in [0.2, 0.25) is 0 Å². The Morgan fingerprint density at radius 2 is 1.81 bits per heavy atom. The molecular formula is C19H25BrIN3O3. The third-order valence-electron chi connectivity index (χ3n) is 3.42. The van der Waals surface area contributed by atoms with Crippen LogP contribution in [0.4, 0.5) is 5.69 Å². The SMILES string of the molecule is COc1cc(CN=C(N)Nc2ccc(OC(C)C)cc2)cc(Br)c1OC.I. The first kappa shape index (κ1) is 23.4. The Kier molecular flexibility index (Phi) is 9.71. The maximum atomic E-state index is 5.98. The molecule has 3 N–H and O–H groups in total. The van der Waals surface area contributed by atoms with Gasteiger partial charge in [-0.2, -0.15) is 0 Å². The molecule has 0 aromatic heterocycles. The van der Waals surface area contributed by atoms with Crippen LogP contribution in [0.3, 0.4) is 0 Å². The number of hydrogen-bond acceptors (Lipinski definition) is 4. The molecule has 0 saturated carbocycles. The summed E-state index contributed by atoms with van der Waals surface area (Å²) >= 11 is 3.47. The van der Waals surface area contributed by atoms with Crippen LogP contribution >= 0.6 is 39.9 Å². The van der Waals surface area contributed by atoms with Crippen LogP contribution in [0, 0.1) is 0 Å². The molecule has 2 aromatic carbocycles. The quantitative estimate of drug-likeness (QED) is 0.295. The highest BCUT2D eigenvalue weighted by atomic mass is 127. The Labute approximate surface area is 185 Å². The smallest absolute Gasteiger partial charge is 0.193 e. The van der Waals surface area contributed by atoms with Gasteiger partial charge >= 0.3 is 0 Å². The van der Waals surface area contributed by atoms with Crippen molar-refractivity contribution >= 4 is 51.6 Å². The number of methoxy groups -OCH3 is 2. The summed E-state index contributed by atoms with van der Waals surface area (Å²) in [6, 6.07) is 11.4. The largest absolute Gasteiger partial charge is 0.493 e. The van der Waals surface area contributed by atoms with E-state index >= 15 is 0 Å². The second-order valence-electron chi connectivity index (χ2n) is 5.83. The van der Waals surface area contributed by atoms with Crippen LogP contribution in [0.1, 0.15) is 19.4 Å². The van der Waals surface area contributed by atoms with Gasteiger partial charge in [-0.15, -0.1) is 24.0 Å². The van der Waals surface area contributed by atoms with E-state index in [-0.39, 0.29) is 30.1 Å². The molecule has 27 heavy (non-hydrogen) atoms. The zero-order chi connectivity index (χ0) is 19.1. The van der Waals surface area contributed by atoms with E-state index < -0.39 is 0 Å². The molecule has 0 heterocycles. The Morgan fingerprint density at radius 3 is 2.37 bits per heavy atom. The van der Waals surface area contributed by atoms with Crippen molar-refractivity contribution in [3.05, 3.63) is 46.4 Å². The second-order valence-corrected chi connectivity index (χ2v) is 6.68. The normalized spacial score (nSPS) is 11.0. The number of aliphatic imine (C=N–C) groups is 1. The van der Waals surface area contributed by atoms with Crippen molar-refractivity contribution in [1.29, 1.82) is 0 Å². The lowest BCUT2D eigenvalue weighted by atomic mass is 10.2. The predicted octanol–water partition coefficient (Wildman–Crippen LogP) is 4.80. The lowest BCUT2D eigenvalue weighted by Crippen LogP contribution is -2.22. The van der Waals surface area contributed by atoms with Crippen LogP contribution in [-0.4, -0.2) is 26.3 Å². The molecule has 0 fully saturated rings. The summed E-state index contributed by atoms with van der Waals surface area (Å²) in [6.07, 6.45) is 0.140. The number of nitrogens with two attached hydrogens (primary N) is 1. The molecule has 0 bridgehead atoms. The van der Waals surface area contributed by atoms with Crippen LogP contribution in [-0.2, 0) is 6.54 Å². The summed E-state index contributed by atoms with van der Waals surface area (Å²) in [7, 11) is 3.19. The molecule has 0 spiro atoms. The standard InChI is InChI=1S/C19H24BrN3O3.HI/c1-12(2)26-15-7-5-14(6-8-15)23-19(21)22-11-13-9-16(20)18(25-4)17(10-13)24-3;/h5-10,12H,11H2,1-4H3,(H3,21,22,23);1H. The fourth-order valence-electron chi connectivity index (χ4n) is 2.32. The lowest BCUT2D eigenvalue weighted by Gasteiger charge is -2.12. The summed E-state index contributed by atoms with van der Waals surface area (Å²) in [4.78, 5) is 4.37. The van der Waals surface area contributed by atoms with Gasteiger partial charge in [0.05, 0.1) is 31.3 Å². The van der Waals surface area contributed by atoms with Gasteiger partial charge in [0, 0.05) is 5.69 Å². The number of nitrogens with zero attached hydrogens (tertiary/aromatic N) is 1. The van der Waals surface area contributed by atoms with Gasteiger partial charge in [-0.25, -0.2) is 4.99 Å². The lowest BCUT2D eigenvalue weighted by molar-refractivity contribution is 0.242. The number of rotatable bonds is 7. The first-order chi connectivity index (χ1) is 12.4. The summed E-state index contributed by atoms with van der Waals surface area (Å²) in [5.41, 5.74) is 7.76. The fourth-order valence-corrected chi connectivity index (χ4v) is 2.97. The van der Waals surface area contributed by atoms with Gasteiger partial charge in [0.1, 0.15) is 5.75 Å². The first-order valence-corrected chi connectivity index (χ1v) is 8.96. The van der Waals surface area contributed by atoms with Gasteiger partial charge in [0.15, 0.2) is 17.5 Å². The number of anilines is 1. The Hall–Kier alpha value is -1.68. The van der Waals surface area contributed by atoms with E-state index in [1.807, 2.05) is 50.2 Å². The molecule has 0 saturated heterocycles. The third kappa shape index (κ3) is 7.10. The number of benzene rings is 2. The van der Waals surface area contributed by atoms with Crippen LogP contribution in [0.5, 0.6) is 17.2 Å². The Bertz CT molecular complexity index is 768. The van der Waals surface area contributed by atoms with Crippen molar-refractivity contribution in [1.82, 2.24) is 0 Å². The van der Waals surface area contributed by atoms with E-state index in [2.05, 4.69) is 26.2 Å². The summed E-state index contributed by atoms with van der Waals surface area (Å²) in [5, 5.41) is 3.06. The minimum absolute atomic E-state index is 0. The predicted molar refractivity (Wildman–Crippen MR) is 124 cm³/mol. The second kappa shape index (κ2) is 11.2. The molecule has 8 heteroatoms. The molecule has 6 nitrogen and oxygen atoms in total. The van der Waals surface area contributed by atoms with Crippen molar-refractivity contribution in [3.63, 3.8) is 0 Å². The maximum absolute atomic E-state index is 5.98. The molecule has 0 atom stereocenters. The van der Waals surface area contributed by atoms with E-state index in [9.17, 15) is 0 Å². The van der Waals surface area contributed by atoms with Crippen LogP contribution in [0.15, 0.2) is 45.9 Å². The summed E-state index contributed by atoms with van der Waals surface area (Å²) < 4.78 is 17.1. The molecule has 0 unspecified atom stereocenters. The minimum atomic E-state index is 0. The van der Waals surface area contributed by atoms with Gasteiger partial charge in [-0.1, -0.05) is 0 Å². The van der Waals surface area contributed by atoms with Gasteiger partial charge in [0.25, 0.3) is 0 Å². The molecule has 0 aliphatic rings. The minimum Gasteiger partial charge on any atom is -0.493 e. The van der Waals surface area contributed by atoms with Gasteiger partial charge < -0.3 is 25.3 Å². The number of halogens is 2. The fraction of sp³-hybridized carbons (Fsp3) is 0.316. The highest BCUT2D eigenvalue weighted by Crippen LogP contribution is 2.36. The first-order valence-electron chi connectivity index (χ1n) is 8.17. The molecular weight excluding hydrogens is 525 g/mol. The van der Waals surface area contributed by atoms with E-state index in [0.717, 1.165) is 21.5 Å². The van der Waals surface area contributed by atoms with Crippen molar-refractivity contribution in [2.75, 3.05) is 19.5 Å². The van der Waals surface area contributed by atoms with Gasteiger partial charge in [-0.3, -0.25) is 0 Å². The highest BCUT2D eigenvalue weighted by Gasteiger charge is 2.10. The highest BCUT2D eigenvalue weighted by molar-refractivity contribution is 14.0. The van der Waals surface area contributed by atoms with Crippen LogP contribution in [0.25, 0.3) is 0 Å². The molecule has 2 aromatic rings. The van der Waals surface area contributed by atoms with Crippen molar-refractivity contribution in [2.24, 2.45) is 10.7 Å². The molecule has 0 radical (unpaired) electrons. The van der Waals surface area contributed by atoms with E-state index in [1.54, 1.807) is 14.2 Å². The zero-order valence-corrected chi connectivity index (χ0v) is 19.7. The molecule has 0 aliphatic carbocycles. The van der Waals surface area contributed by atoms with Crippen molar-refractivity contribution < 1.29 is 14.2 Å². The number of hydrogen-bond donors (Lipinski definition) is 2. The topological polar surface area (TPSA) is 78.1 Å². The Morgan fingerprint density at radius 1 is 1.15 bits per heavy atom. The van der Waals surface area contributed by atoms with E-state index in [4.69, 9.17) is 19.9 Å². The van der Waals surface area contributed by atoms with E-state index in [0.29, 0.717) is 24.0 Å². The van der Waals surface area contributed by atoms with Crippen molar-refractivity contribution in [3.8, 4) is 17.2 Å².